The number of amides is 1. The zero-order valence-electron chi connectivity index (χ0n) is 25.9. The number of rotatable bonds is 6. The van der Waals surface area contributed by atoms with Gasteiger partial charge in [0.05, 0.1) is 17.6 Å². The number of carbonyl (C=O) groups excluding carboxylic acids is 3. The molecule has 4 aliphatic rings. The molecule has 1 N–H and O–H groups in total. The molecule has 4 fully saturated rings. The molecule has 0 aromatic heterocycles. The molecule has 1 aromatic rings. The molecule has 41 heavy (non-hydrogen) atoms. The summed E-state index contributed by atoms with van der Waals surface area (Å²) in [6.07, 6.45) is 2.84. The lowest BCUT2D eigenvalue weighted by Crippen LogP contribution is -2.65. The van der Waals surface area contributed by atoms with Gasteiger partial charge in [0, 0.05) is 0 Å². The van der Waals surface area contributed by atoms with Gasteiger partial charge in [-0.1, -0.05) is 37.7 Å². The molecule has 1 heterocycles. The first-order chi connectivity index (χ1) is 18.8. The van der Waals surface area contributed by atoms with Crippen molar-refractivity contribution in [3.05, 3.63) is 29.3 Å². The summed E-state index contributed by atoms with van der Waals surface area (Å²) in [4.78, 5) is 38.7. The number of esters is 1. The van der Waals surface area contributed by atoms with Crippen LogP contribution in [0.4, 0.5) is 9.59 Å². The average Bonchev–Trinajstić information content (AvgIpc) is 3.19. The Kier molecular flexibility index (Phi) is 8.59. The molecule has 0 radical (unpaired) electrons. The zero-order valence-corrected chi connectivity index (χ0v) is 26.7. The summed E-state index contributed by atoms with van der Waals surface area (Å²) >= 11 is 1.05. The molecule has 5 rings (SSSR count). The van der Waals surface area contributed by atoms with E-state index in [2.05, 4.69) is 26.1 Å². The van der Waals surface area contributed by atoms with Crippen LogP contribution in [-0.2, 0) is 25.2 Å². The fourth-order valence-electron chi connectivity index (χ4n) is 6.45. The molecule has 3 saturated carbocycles. The molecule has 0 spiro atoms. The lowest BCUT2D eigenvalue weighted by molar-refractivity contribution is -0.199. The Morgan fingerprint density at radius 3 is 2.32 bits per heavy atom. The molecule has 11 heteroatoms. The van der Waals surface area contributed by atoms with Gasteiger partial charge in [0.25, 0.3) is 5.24 Å². The number of benzene rings is 1. The van der Waals surface area contributed by atoms with E-state index >= 15 is 0 Å². The number of para-hydroxylation sites is 1. The van der Waals surface area contributed by atoms with Gasteiger partial charge >= 0.3 is 19.2 Å². The van der Waals surface area contributed by atoms with Crippen LogP contribution in [0.15, 0.2) is 18.2 Å². The van der Waals surface area contributed by atoms with Crippen LogP contribution in [-0.4, -0.2) is 59.6 Å². The minimum atomic E-state index is -0.951. The van der Waals surface area contributed by atoms with Crippen LogP contribution in [0.25, 0.3) is 0 Å². The van der Waals surface area contributed by atoms with Crippen LogP contribution in [0.1, 0.15) is 91.1 Å². The lowest BCUT2D eigenvalue weighted by atomic mass is 9.43. The highest BCUT2D eigenvalue weighted by molar-refractivity contribution is 8.12. The second-order valence-electron chi connectivity index (χ2n) is 14.1. The van der Waals surface area contributed by atoms with Gasteiger partial charge in [-0.15, -0.1) is 0 Å². The number of carbonyl (C=O) groups is 3. The number of nitrogens with one attached hydrogen (secondary N) is 1. The number of hydrogen-bond donors (Lipinski definition) is 1. The number of hydrogen-bond acceptors (Lipinski definition) is 9. The Hall–Kier alpha value is -2.24. The number of thioether (sulfide) groups is 1. The lowest BCUT2D eigenvalue weighted by Gasteiger charge is -2.64. The van der Waals surface area contributed by atoms with Gasteiger partial charge in [-0.2, -0.15) is 0 Å². The molecular weight excluding hydrogens is 545 g/mol. The Labute approximate surface area is 248 Å². The topological polar surface area (TPSA) is 109 Å². The van der Waals surface area contributed by atoms with E-state index in [4.69, 9.17) is 23.5 Å². The van der Waals surface area contributed by atoms with Crippen molar-refractivity contribution in [3.8, 4) is 5.75 Å². The fraction of sp³-hybridized carbons (Fsp3) is 0.700. The average molecular weight is 590 g/mol. The molecule has 5 atom stereocenters. The number of ether oxygens (including phenoxy) is 3. The van der Waals surface area contributed by atoms with Gasteiger partial charge in [-0.25, -0.2) is 9.59 Å². The summed E-state index contributed by atoms with van der Waals surface area (Å²) in [7, 11) is -0.726. The second kappa shape index (κ2) is 11.1. The Bertz CT molecular complexity index is 1190. The van der Waals surface area contributed by atoms with Crippen LogP contribution in [0.2, 0.25) is 0 Å². The maximum Gasteiger partial charge on any atom is 0.514 e. The van der Waals surface area contributed by atoms with Crippen molar-refractivity contribution in [1.29, 1.82) is 0 Å². The van der Waals surface area contributed by atoms with Crippen molar-refractivity contribution >= 4 is 36.2 Å². The molecule has 1 saturated heterocycles. The first-order valence-corrected chi connectivity index (χ1v) is 15.5. The fourth-order valence-corrected chi connectivity index (χ4v) is 6.72. The van der Waals surface area contributed by atoms with Gasteiger partial charge in [-0.3, -0.25) is 4.79 Å². The SMILES string of the molecule is CSC(=O)NC(Cc1cccc(C(=O)OC(C)(C)C)c1OC(=O)OC(C)(C)C)B1OC2CC3CC(C3(C)C)C2(C)O1. The molecule has 5 unspecified atom stereocenters. The second-order valence-corrected chi connectivity index (χ2v) is 14.9. The summed E-state index contributed by atoms with van der Waals surface area (Å²) in [6.45, 7) is 17.2. The Morgan fingerprint density at radius 1 is 1.07 bits per heavy atom. The third kappa shape index (κ3) is 6.72. The summed E-state index contributed by atoms with van der Waals surface area (Å²) in [5, 5.41) is 2.78. The smallest absolute Gasteiger partial charge is 0.456 e. The molecular formula is C30H44BNO8S. The van der Waals surface area contributed by atoms with Crippen molar-refractivity contribution in [3.63, 3.8) is 0 Å². The van der Waals surface area contributed by atoms with Crippen LogP contribution in [0.3, 0.4) is 0 Å². The van der Waals surface area contributed by atoms with Crippen LogP contribution >= 0.6 is 11.8 Å². The van der Waals surface area contributed by atoms with E-state index in [1.54, 1.807) is 66.0 Å². The van der Waals surface area contributed by atoms with Crippen LogP contribution < -0.4 is 10.1 Å². The van der Waals surface area contributed by atoms with Gasteiger partial charge in [0.15, 0.2) is 5.75 Å². The van der Waals surface area contributed by atoms with Crippen molar-refractivity contribution in [1.82, 2.24) is 5.32 Å². The third-order valence-electron chi connectivity index (χ3n) is 8.52. The standard InChI is InChI=1S/C30H44BNO8S/c1-27(2,3)37-24(33)19-13-11-12-17(23(19)36-26(35)38-28(4,5)6)14-22(32-25(34)41-10)31-39-21-16-18-15-20(29(18,7)8)30(21,9)40-31/h11-13,18,20-22H,14-16H2,1-10H3,(H,32,34). The first-order valence-electron chi connectivity index (χ1n) is 14.3. The van der Waals surface area contributed by atoms with Crippen molar-refractivity contribution in [2.24, 2.45) is 17.3 Å². The van der Waals surface area contributed by atoms with Gasteiger partial charge in [0.2, 0.25) is 0 Å². The third-order valence-corrected chi connectivity index (χ3v) is 9.00. The summed E-state index contributed by atoms with van der Waals surface area (Å²) < 4.78 is 29.9. The Balaban J connectivity index is 1.67. The van der Waals surface area contributed by atoms with E-state index < -0.39 is 42.0 Å². The summed E-state index contributed by atoms with van der Waals surface area (Å²) in [5.74, 6) is -0.317. The highest BCUT2D eigenvalue weighted by Crippen LogP contribution is 2.65. The van der Waals surface area contributed by atoms with Gasteiger partial charge < -0.3 is 28.8 Å². The molecule has 9 nitrogen and oxygen atoms in total. The minimum absolute atomic E-state index is 0.0180. The van der Waals surface area contributed by atoms with E-state index in [0.717, 1.165) is 24.6 Å². The summed E-state index contributed by atoms with van der Waals surface area (Å²) in [6, 6.07) is 4.98. The molecule has 1 amide bonds. The van der Waals surface area contributed by atoms with Crippen molar-refractivity contribution < 1.29 is 37.9 Å². The molecule has 1 aromatic carbocycles. The van der Waals surface area contributed by atoms with E-state index in [-0.39, 0.29) is 34.5 Å². The van der Waals surface area contributed by atoms with Crippen LogP contribution in [0, 0.1) is 17.3 Å². The van der Waals surface area contributed by atoms with Crippen molar-refractivity contribution in [2.75, 3.05) is 6.26 Å². The van der Waals surface area contributed by atoms with E-state index in [9.17, 15) is 14.4 Å². The summed E-state index contributed by atoms with van der Waals surface area (Å²) in [5.41, 5.74) is -1.30. The van der Waals surface area contributed by atoms with E-state index in [0.29, 0.717) is 17.4 Å². The predicted octanol–water partition coefficient (Wildman–Crippen LogP) is 6.21. The van der Waals surface area contributed by atoms with E-state index in [1.165, 1.54) is 0 Å². The zero-order chi connectivity index (χ0) is 30.5. The van der Waals surface area contributed by atoms with Crippen LogP contribution in [0.5, 0.6) is 5.75 Å². The predicted molar refractivity (Wildman–Crippen MR) is 158 cm³/mol. The quantitative estimate of drug-likeness (QED) is 0.235. The van der Waals surface area contributed by atoms with E-state index in [1.807, 2.05) is 0 Å². The Morgan fingerprint density at radius 2 is 1.73 bits per heavy atom. The van der Waals surface area contributed by atoms with Gasteiger partial charge in [0.1, 0.15) is 16.8 Å². The molecule has 2 bridgehead atoms. The maximum absolute atomic E-state index is 13.2. The maximum atomic E-state index is 13.2. The molecule has 1 aliphatic heterocycles. The van der Waals surface area contributed by atoms with Gasteiger partial charge in [-0.05, 0) is 103 Å². The highest BCUT2D eigenvalue weighted by atomic mass is 32.2. The normalized spacial score (nSPS) is 27.3. The minimum Gasteiger partial charge on any atom is -0.456 e. The first kappa shape index (κ1) is 31.7. The molecule has 226 valence electrons. The molecule has 3 aliphatic carbocycles. The van der Waals surface area contributed by atoms with Crippen molar-refractivity contribution in [2.45, 2.75) is 110 Å². The highest BCUT2D eigenvalue weighted by Gasteiger charge is 2.68. The largest absolute Gasteiger partial charge is 0.514 e. The monoisotopic (exact) mass is 589 g/mol.